The van der Waals surface area contributed by atoms with Crippen molar-refractivity contribution in [3.8, 4) is 11.1 Å². The summed E-state index contributed by atoms with van der Waals surface area (Å²) in [6.07, 6.45) is 1.46. The Morgan fingerprint density at radius 2 is 1.75 bits per heavy atom. The van der Waals surface area contributed by atoms with Crippen LogP contribution in [0, 0.1) is 10.1 Å². The molecule has 4 rings (SSSR count). The van der Waals surface area contributed by atoms with E-state index in [0.717, 1.165) is 16.3 Å². The average Bonchev–Trinajstić information content (AvgIpc) is 2.59. The summed E-state index contributed by atoms with van der Waals surface area (Å²) in [4.78, 5) is 22.9. The molecule has 1 N–H and O–H groups in total. The lowest BCUT2D eigenvalue weighted by Gasteiger charge is -2.15. The van der Waals surface area contributed by atoms with Gasteiger partial charge in [-0.15, -0.1) is 0 Å². The average molecular weight is 317 g/mol. The minimum atomic E-state index is -0.452. The topological polar surface area (TPSA) is 80.4 Å². The van der Waals surface area contributed by atoms with Gasteiger partial charge in [0.25, 0.3) is 5.69 Å². The van der Waals surface area contributed by atoms with Crippen LogP contribution in [0.1, 0.15) is 15.9 Å². The molecule has 0 aliphatic heterocycles. The van der Waals surface area contributed by atoms with Crippen LogP contribution in [-0.2, 0) is 0 Å². The highest BCUT2D eigenvalue weighted by molar-refractivity contribution is 6.22. The number of nitrogens with zero attached hydrogens (tertiary/aromatic N) is 1. The van der Waals surface area contributed by atoms with Crippen molar-refractivity contribution in [2.45, 2.75) is 0 Å². The zero-order valence-corrected chi connectivity index (χ0v) is 12.4. The van der Waals surface area contributed by atoms with Gasteiger partial charge < -0.3 is 5.11 Å². The van der Waals surface area contributed by atoms with E-state index < -0.39 is 10.7 Å². The maximum absolute atomic E-state index is 12.3. The van der Waals surface area contributed by atoms with Crippen LogP contribution in [-0.4, -0.2) is 15.8 Å². The highest BCUT2D eigenvalue weighted by Gasteiger charge is 2.22. The Morgan fingerprint density at radius 3 is 2.54 bits per heavy atom. The van der Waals surface area contributed by atoms with Crippen LogP contribution in [0.25, 0.3) is 28.0 Å². The molecule has 0 spiro atoms. The van der Waals surface area contributed by atoms with Crippen molar-refractivity contribution in [3.63, 3.8) is 0 Å². The van der Waals surface area contributed by atoms with Crippen molar-refractivity contribution in [2.75, 3.05) is 0 Å². The van der Waals surface area contributed by atoms with Gasteiger partial charge in [-0.2, -0.15) is 0 Å². The molecule has 24 heavy (non-hydrogen) atoms. The molecule has 0 radical (unpaired) electrons. The SMILES string of the molecule is O=C1C(O)=Cc2cccc3cc(-c4cccc([N+](=O)[O-])c4)cc1c23. The summed E-state index contributed by atoms with van der Waals surface area (Å²) in [5.74, 6) is -0.739. The molecule has 1 aliphatic carbocycles. The van der Waals surface area contributed by atoms with Gasteiger partial charge in [0.2, 0.25) is 5.78 Å². The number of hydrogen-bond donors (Lipinski definition) is 1. The number of aliphatic hydroxyl groups excluding tert-OH is 1. The van der Waals surface area contributed by atoms with Gasteiger partial charge in [0.15, 0.2) is 5.76 Å². The Kier molecular flexibility index (Phi) is 2.96. The van der Waals surface area contributed by atoms with Gasteiger partial charge in [0.05, 0.1) is 4.92 Å². The van der Waals surface area contributed by atoms with Gasteiger partial charge in [-0.1, -0.05) is 30.3 Å². The number of hydrogen-bond acceptors (Lipinski definition) is 4. The van der Waals surface area contributed by atoms with E-state index in [4.69, 9.17) is 0 Å². The molecular weight excluding hydrogens is 306 g/mol. The second kappa shape index (κ2) is 5.03. The third kappa shape index (κ3) is 2.06. The van der Waals surface area contributed by atoms with Crippen LogP contribution < -0.4 is 0 Å². The van der Waals surface area contributed by atoms with Crippen LogP contribution in [0.3, 0.4) is 0 Å². The summed E-state index contributed by atoms with van der Waals surface area (Å²) in [5, 5.41) is 22.5. The standard InChI is InChI=1S/C19H11NO4/c21-17-10-13-5-1-4-12-7-14(9-16(18(12)13)19(17)22)11-3-2-6-15(8-11)20(23)24/h1-10,21H. The largest absolute Gasteiger partial charge is 0.504 e. The number of carbonyl (C=O) groups excluding carboxylic acids is 1. The van der Waals surface area contributed by atoms with Crippen molar-refractivity contribution in [3.05, 3.63) is 81.6 Å². The predicted molar refractivity (Wildman–Crippen MR) is 91.0 cm³/mol. The van der Waals surface area contributed by atoms with E-state index in [9.17, 15) is 20.0 Å². The summed E-state index contributed by atoms with van der Waals surface area (Å²) >= 11 is 0. The first-order valence-electron chi connectivity index (χ1n) is 7.31. The second-order valence-electron chi connectivity index (χ2n) is 5.64. The second-order valence-corrected chi connectivity index (χ2v) is 5.64. The Labute approximate surface area is 136 Å². The Bertz CT molecular complexity index is 1070. The lowest BCUT2D eigenvalue weighted by atomic mass is 9.88. The third-order valence-electron chi connectivity index (χ3n) is 4.17. The molecule has 3 aromatic carbocycles. The van der Waals surface area contributed by atoms with E-state index in [1.165, 1.54) is 18.2 Å². The number of nitro groups is 1. The molecule has 1 aliphatic rings. The minimum Gasteiger partial charge on any atom is -0.504 e. The quantitative estimate of drug-likeness (QED) is 0.557. The number of benzene rings is 3. The number of Topliss-reactive ketones (excluding diaryl/α,β-unsaturated/α-hetero) is 1. The van der Waals surface area contributed by atoms with E-state index in [0.29, 0.717) is 16.7 Å². The van der Waals surface area contributed by atoms with Gasteiger partial charge in [0, 0.05) is 23.1 Å². The van der Waals surface area contributed by atoms with Crippen molar-refractivity contribution in [2.24, 2.45) is 0 Å². The van der Waals surface area contributed by atoms with Gasteiger partial charge in [-0.3, -0.25) is 14.9 Å². The Balaban J connectivity index is 2.00. The van der Waals surface area contributed by atoms with Crippen LogP contribution in [0.15, 0.2) is 60.4 Å². The van der Waals surface area contributed by atoms with Crippen molar-refractivity contribution in [1.29, 1.82) is 0 Å². The van der Waals surface area contributed by atoms with Crippen molar-refractivity contribution >= 4 is 28.3 Å². The molecule has 0 fully saturated rings. The van der Waals surface area contributed by atoms with E-state index >= 15 is 0 Å². The molecule has 0 heterocycles. The van der Waals surface area contributed by atoms with Gasteiger partial charge in [0.1, 0.15) is 0 Å². The number of nitro benzene ring substituents is 1. The van der Waals surface area contributed by atoms with E-state index in [2.05, 4.69) is 0 Å². The maximum Gasteiger partial charge on any atom is 0.270 e. The fourth-order valence-electron chi connectivity index (χ4n) is 3.07. The number of aliphatic hydroxyl groups is 1. The highest BCUT2D eigenvalue weighted by atomic mass is 16.6. The molecule has 0 unspecified atom stereocenters. The molecule has 3 aromatic rings. The highest BCUT2D eigenvalue weighted by Crippen LogP contribution is 2.35. The van der Waals surface area contributed by atoms with Crippen LogP contribution in [0.5, 0.6) is 0 Å². The molecule has 0 bridgehead atoms. The lowest BCUT2D eigenvalue weighted by molar-refractivity contribution is -0.384. The van der Waals surface area contributed by atoms with Crippen molar-refractivity contribution < 1.29 is 14.8 Å². The number of non-ortho nitro benzene ring substituents is 1. The minimum absolute atomic E-state index is 0.0101. The molecule has 5 heteroatoms. The molecule has 0 amide bonds. The smallest absolute Gasteiger partial charge is 0.270 e. The summed E-state index contributed by atoms with van der Waals surface area (Å²) in [5.41, 5.74) is 2.52. The van der Waals surface area contributed by atoms with Gasteiger partial charge >= 0.3 is 0 Å². The number of allylic oxidation sites excluding steroid dienone is 1. The van der Waals surface area contributed by atoms with Crippen LogP contribution in [0.2, 0.25) is 0 Å². The fourth-order valence-corrected chi connectivity index (χ4v) is 3.07. The first-order chi connectivity index (χ1) is 11.5. The number of ketones is 1. The van der Waals surface area contributed by atoms with Crippen molar-refractivity contribution in [1.82, 2.24) is 0 Å². The number of carbonyl (C=O) groups is 1. The van der Waals surface area contributed by atoms with Gasteiger partial charge in [-0.25, -0.2) is 0 Å². The normalized spacial score (nSPS) is 13.0. The zero-order chi connectivity index (χ0) is 16.8. The summed E-state index contributed by atoms with van der Waals surface area (Å²) in [6, 6.07) is 15.4. The lowest BCUT2D eigenvalue weighted by Crippen LogP contribution is -2.08. The predicted octanol–water partition coefficient (Wildman–Crippen LogP) is 4.51. The third-order valence-corrected chi connectivity index (χ3v) is 4.17. The first kappa shape index (κ1) is 14.1. The fraction of sp³-hybridized carbons (Fsp3) is 0. The molecule has 0 atom stereocenters. The maximum atomic E-state index is 12.3. The summed E-state index contributed by atoms with van der Waals surface area (Å²) < 4.78 is 0. The zero-order valence-electron chi connectivity index (χ0n) is 12.4. The van der Waals surface area contributed by atoms with E-state index in [1.807, 2.05) is 24.3 Å². The molecular formula is C19H11NO4. The van der Waals surface area contributed by atoms with Crippen LogP contribution >= 0.6 is 0 Å². The van der Waals surface area contributed by atoms with Crippen LogP contribution in [0.4, 0.5) is 5.69 Å². The molecule has 0 saturated carbocycles. The van der Waals surface area contributed by atoms with E-state index in [1.54, 1.807) is 18.2 Å². The Morgan fingerprint density at radius 1 is 0.958 bits per heavy atom. The first-order valence-corrected chi connectivity index (χ1v) is 7.31. The number of rotatable bonds is 2. The monoisotopic (exact) mass is 317 g/mol. The molecule has 5 nitrogen and oxygen atoms in total. The molecule has 0 saturated heterocycles. The molecule has 0 aromatic heterocycles. The molecule has 116 valence electrons. The summed E-state index contributed by atoms with van der Waals surface area (Å²) in [7, 11) is 0. The van der Waals surface area contributed by atoms with E-state index in [-0.39, 0.29) is 11.4 Å². The Hall–Kier alpha value is -3.47. The van der Waals surface area contributed by atoms with Gasteiger partial charge in [-0.05, 0) is 40.3 Å². The summed E-state index contributed by atoms with van der Waals surface area (Å²) in [6.45, 7) is 0.